The number of anilines is 1. The Kier molecular flexibility index (Phi) is 5.79. The van der Waals surface area contributed by atoms with Gasteiger partial charge in [-0.25, -0.2) is 0 Å². The molecule has 3 nitrogen and oxygen atoms in total. The van der Waals surface area contributed by atoms with Crippen molar-refractivity contribution in [3.8, 4) is 0 Å². The summed E-state index contributed by atoms with van der Waals surface area (Å²) in [7, 11) is 0. The number of halogens is 3. The number of alkyl halides is 3. The number of rotatable bonds is 5. The second-order valence-corrected chi connectivity index (χ2v) is 7.32. The second-order valence-electron chi connectivity index (χ2n) is 7.32. The first-order valence-corrected chi connectivity index (χ1v) is 9.51. The van der Waals surface area contributed by atoms with Crippen LogP contribution in [0.2, 0.25) is 0 Å². The van der Waals surface area contributed by atoms with Crippen LogP contribution in [0.5, 0.6) is 0 Å². The molecule has 150 valence electrons. The van der Waals surface area contributed by atoms with Crippen molar-refractivity contribution in [2.24, 2.45) is 0 Å². The van der Waals surface area contributed by atoms with Crippen molar-refractivity contribution in [1.29, 1.82) is 0 Å². The van der Waals surface area contributed by atoms with E-state index in [4.69, 9.17) is 0 Å². The maximum absolute atomic E-state index is 13.0. The Hall–Kier alpha value is -2.34. The quantitative estimate of drug-likeness (QED) is 0.715. The van der Waals surface area contributed by atoms with Crippen molar-refractivity contribution in [2.45, 2.75) is 44.4 Å². The van der Waals surface area contributed by atoms with Crippen LogP contribution in [0.4, 0.5) is 18.9 Å². The number of nitrogens with zero attached hydrogens (tertiary/aromatic N) is 1. The molecule has 6 heteroatoms. The summed E-state index contributed by atoms with van der Waals surface area (Å²) >= 11 is 0. The van der Waals surface area contributed by atoms with Crippen molar-refractivity contribution in [2.75, 3.05) is 18.0 Å². The van der Waals surface area contributed by atoms with E-state index in [-0.39, 0.29) is 5.78 Å². The zero-order valence-corrected chi connectivity index (χ0v) is 15.8. The number of hydrogen-bond donors (Lipinski definition) is 1. The fraction of sp³-hybridized carbons (Fsp3) is 0.409. The lowest BCUT2D eigenvalue weighted by Crippen LogP contribution is -2.42. The van der Waals surface area contributed by atoms with Crippen LogP contribution in [0.15, 0.2) is 48.5 Å². The fourth-order valence-corrected chi connectivity index (χ4v) is 3.64. The molecular weight excluding hydrogens is 367 g/mol. The summed E-state index contributed by atoms with van der Waals surface area (Å²) in [5.74, 6) is 0.117. The predicted molar refractivity (Wildman–Crippen MR) is 102 cm³/mol. The molecule has 0 aliphatic carbocycles. The van der Waals surface area contributed by atoms with Crippen LogP contribution in [0.3, 0.4) is 0 Å². The second kappa shape index (κ2) is 7.95. The van der Waals surface area contributed by atoms with Gasteiger partial charge in [-0.15, -0.1) is 0 Å². The molecule has 0 aromatic heterocycles. The van der Waals surface area contributed by atoms with Gasteiger partial charge in [0, 0.05) is 30.8 Å². The molecule has 2 aromatic rings. The van der Waals surface area contributed by atoms with Gasteiger partial charge in [-0.05, 0) is 61.2 Å². The Morgan fingerprint density at radius 2 is 1.75 bits per heavy atom. The van der Waals surface area contributed by atoms with Gasteiger partial charge in [-0.1, -0.05) is 19.1 Å². The summed E-state index contributed by atoms with van der Waals surface area (Å²) in [5.41, 5.74) is -0.0766. The normalized spacial score (nSPS) is 16.8. The number of ketones is 1. The third kappa shape index (κ3) is 4.38. The van der Waals surface area contributed by atoms with Crippen LogP contribution in [0.1, 0.15) is 54.1 Å². The molecule has 0 bridgehead atoms. The highest BCUT2D eigenvalue weighted by molar-refractivity contribution is 5.96. The van der Waals surface area contributed by atoms with E-state index in [9.17, 15) is 23.1 Å². The SMILES string of the molecule is CCCC(=O)c1ccc(N2CCC(O)(c3cccc(C(F)(F)F)c3)CC2)cc1. The molecule has 0 amide bonds. The number of piperidine rings is 1. The number of Topliss-reactive ketones (excluding diaryl/α,β-unsaturated/α-hetero) is 1. The molecule has 1 saturated heterocycles. The average molecular weight is 391 g/mol. The molecule has 0 spiro atoms. The van der Waals surface area contributed by atoms with Gasteiger partial charge >= 0.3 is 6.18 Å². The zero-order chi connectivity index (χ0) is 20.4. The lowest BCUT2D eigenvalue weighted by Gasteiger charge is -2.40. The molecule has 1 fully saturated rings. The number of carbonyl (C=O) groups excluding carboxylic acids is 1. The minimum atomic E-state index is -4.43. The number of hydrogen-bond acceptors (Lipinski definition) is 3. The van der Waals surface area contributed by atoms with E-state index in [1.807, 2.05) is 19.1 Å². The van der Waals surface area contributed by atoms with Gasteiger partial charge in [0.25, 0.3) is 0 Å². The molecule has 1 heterocycles. The summed E-state index contributed by atoms with van der Waals surface area (Å²) in [6.45, 7) is 3.01. The number of carbonyl (C=O) groups is 1. The summed E-state index contributed by atoms with van der Waals surface area (Å²) < 4.78 is 38.9. The Bertz CT molecular complexity index is 822. The molecule has 1 aliphatic rings. The Morgan fingerprint density at radius 1 is 1.11 bits per heavy atom. The van der Waals surface area contributed by atoms with E-state index in [2.05, 4.69) is 4.90 Å². The Balaban J connectivity index is 1.69. The molecule has 28 heavy (non-hydrogen) atoms. The van der Waals surface area contributed by atoms with E-state index >= 15 is 0 Å². The van der Waals surface area contributed by atoms with Gasteiger partial charge in [-0.3, -0.25) is 4.79 Å². The molecule has 0 atom stereocenters. The topological polar surface area (TPSA) is 40.5 Å². The van der Waals surface area contributed by atoms with Gasteiger partial charge in [0.15, 0.2) is 5.78 Å². The highest BCUT2D eigenvalue weighted by atomic mass is 19.4. The molecule has 2 aromatic carbocycles. The van der Waals surface area contributed by atoms with Gasteiger partial charge in [0.05, 0.1) is 11.2 Å². The van der Waals surface area contributed by atoms with E-state index in [0.717, 1.165) is 24.2 Å². The minimum absolute atomic E-state index is 0.117. The molecule has 0 saturated carbocycles. The first-order chi connectivity index (χ1) is 13.2. The standard InChI is InChI=1S/C22H24F3NO2/c1-2-4-20(27)16-7-9-19(10-8-16)26-13-11-21(28,12-14-26)17-5-3-6-18(15-17)22(23,24)25/h3,5-10,15,28H,2,4,11-14H2,1H3. The van der Waals surface area contributed by atoms with Crippen LogP contribution in [0.25, 0.3) is 0 Å². The first kappa shape index (κ1) is 20.4. The monoisotopic (exact) mass is 391 g/mol. The molecule has 1 aliphatic heterocycles. The van der Waals surface area contributed by atoms with E-state index in [0.29, 0.717) is 43.5 Å². The lowest BCUT2D eigenvalue weighted by molar-refractivity contribution is -0.137. The fourth-order valence-electron chi connectivity index (χ4n) is 3.64. The summed E-state index contributed by atoms with van der Waals surface area (Å²) in [6, 6.07) is 12.3. The van der Waals surface area contributed by atoms with Gasteiger partial charge in [0.2, 0.25) is 0 Å². The zero-order valence-electron chi connectivity index (χ0n) is 15.8. The van der Waals surface area contributed by atoms with Crippen molar-refractivity contribution >= 4 is 11.5 Å². The Labute approximate surface area is 162 Å². The van der Waals surface area contributed by atoms with Crippen molar-refractivity contribution < 1.29 is 23.1 Å². The van der Waals surface area contributed by atoms with E-state index in [1.54, 1.807) is 18.2 Å². The predicted octanol–water partition coefficient (Wildman–Crippen LogP) is 5.18. The van der Waals surface area contributed by atoms with Gasteiger partial charge in [0.1, 0.15) is 0 Å². The Morgan fingerprint density at radius 3 is 2.32 bits per heavy atom. The average Bonchev–Trinajstić information content (AvgIpc) is 2.68. The smallest absolute Gasteiger partial charge is 0.385 e. The largest absolute Gasteiger partial charge is 0.416 e. The summed E-state index contributed by atoms with van der Waals surface area (Å²) in [4.78, 5) is 14.0. The van der Waals surface area contributed by atoms with Crippen molar-refractivity contribution in [3.63, 3.8) is 0 Å². The maximum atomic E-state index is 13.0. The minimum Gasteiger partial charge on any atom is -0.385 e. The highest BCUT2D eigenvalue weighted by Crippen LogP contribution is 2.37. The van der Waals surface area contributed by atoms with Gasteiger partial charge < -0.3 is 10.0 Å². The first-order valence-electron chi connectivity index (χ1n) is 9.51. The number of aliphatic hydroxyl groups is 1. The molecule has 0 unspecified atom stereocenters. The van der Waals surface area contributed by atoms with E-state index < -0.39 is 17.3 Å². The summed E-state index contributed by atoms with van der Waals surface area (Å²) in [5, 5.41) is 10.9. The lowest BCUT2D eigenvalue weighted by atomic mass is 9.83. The van der Waals surface area contributed by atoms with Crippen molar-refractivity contribution in [1.82, 2.24) is 0 Å². The highest BCUT2D eigenvalue weighted by Gasteiger charge is 2.37. The molecule has 0 radical (unpaired) electrons. The van der Waals surface area contributed by atoms with Crippen LogP contribution in [-0.4, -0.2) is 24.0 Å². The van der Waals surface area contributed by atoms with Crippen LogP contribution in [0, 0.1) is 0 Å². The molecular formula is C22H24F3NO2. The third-order valence-electron chi connectivity index (χ3n) is 5.35. The maximum Gasteiger partial charge on any atom is 0.416 e. The molecule has 1 N–H and O–H groups in total. The van der Waals surface area contributed by atoms with Crippen LogP contribution in [-0.2, 0) is 11.8 Å². The third-order valence-corrected chi connectivity index (χ3v) is 5.35. The number of benzene rings is 2. The van der Waals surface area contributed by atoms with Crippen LogP contribution < -0.4 is 4.90 Å². The van der Waals surface area contributed by atoms with Crippen molar-refractivity contribution in [3.05, 3.63) is 65.2 Å². The van der Waals surface area contributed by atoms with Gasteiger partial charge in [-0.2, -0.15) is 13.2 Å². The molecule has 3 rings (SSSR count). The summed E-state index contributed by atoms with van der Waals surface area (Å²) in [6.07, 6.45) is -2.42. The van der Waals surface area contributed by atoms with E-state index in [1.165, 1.54) is 6.07 Å². The van der Waals surface area contributed by atoms with Crippen LogP contribution >= 0.6 is 0 Å².